The predicted molar refractivity (Wildman–Crippen MR) is 135 cm³/mol. The van der Waals surface area contributed by atoms with Crippen molar-refractivity contribution in [2.24, 2.45) is 45.3 Å². The Kier molecular flexibility index (Phi) is 5.59. The molecule has 1 heterocycles. The summed E-state index contributed by atoms with van der Waals surface area (Å²) in [6, 6.07) is 0. The highest BCUT2D eigenvalue weighted by atomic mass is 16.5. The molecule has 5 fully saturated rings. The molecule has 0 aromatic heterocycles. The fourth-order valence-corrected chi connectivity index (χ4v) is 11.1. The third-order valence-corrected chi connectivity index (χ3v) is 13.3. The third kappa shape index (κ3) is 3.16. The van der Waals surface area contributed by atoms with Gasteiger partial charge in [-0.25, -0.2) is 0 Å². The van der Waals surface area contributed by atoms with E-state index in [4.69, 9.17) is 4.74 Å². The molecule has 196 valence electrons. The van der Waals surface area contributed by atoms with E-state index in [0.29, 0.717) is 17.8 Å². The number of hydrogen-bond acceptors (Lipinski definition) is 4. The molecule has 0 spiro atoms. The average molecular weight is 477 g/mol. The van der Waals surface area contributed by atoms with Crippen molar-refractivity contribution in [3.05, 3.63) is 0 Å². The lowest BCUT2D eigenvalue weighted by atomic mass is 9.35. The lowest BCUT2D eigenvalue weighted by Gasteiger charge is -2.70. The minimum absolute atomic E-state index is 0.0630. The quantitative estimate of drug-likeness (QED) is 0.477. The molecule has 4 saturated carbocycles. The molecule has 5 rings (SSSR count). The van der Waals surface area contributed by atoms with Crippen molar-refractivity contribution in [3.8, 4) is 0 Å². The molecule has 1 unspecified atom stereocenters. The summed E-state index contributed by atoms with van der Waals surface area (Å²) in [5.74, 6) is 1.59. The molecule has 34 heavy (non-hydrogen) atoms. The van der Waals surface area contributed by atoms with Gasteiger partial charge in [0.05, 0.1) is 29.5 Å². The van der Waals surface area contributed by atoms with E-state index in [0.717, 1.165) is 44.9 Å². The van der Waals surface area contributed by atoms with Crippen molar-refractivity contribution in [2.45, 2.75) is 143 Å². The zero-order valence-electron chi connectivity index (χ0n) is 23.2. The van der Waals surface area contributed by atoms with Gasteiger partial charge in [0.15, 0.2) is 0 Å². The van der Waals surface area contributed by atoms with E-state index in [1.807, 2.05) is 13.8 Å². The van der Waals surface area contributed by atoms with Crippen molar-refractivity contribution in [1.29, 1.82) is 0 Å². The molecule has 0 amide bonds. The molecule has 0 aromatic rings. The summed E-state index contributed by atoms with van der Waals surface area (Å²) >= 11 is 0. The van der Waals surface area contributed by atoms with Gasteiger partial charge in [0, 0.05) is 0 Å². The van der Waals surface area contributed by atoms with Gasteiger partial charge in [-0.1, -0.05) is 34.6 Å². The van der Waals surface area contributed by atoms with Crippen molar-refractivity contribution >= 4 is 0 Å². The van der Waals surface area contributed by atoms with Crippen molar-refractivity contribution in [2.75, 3.05) is 0 Å². The first-order chi connectivity index (χ1) is 15.5. The van der Waals surface area contributed by atoms with Crippen LogP contribution in [0.5, 0.6) is 0 Å². The van der Waals surface area contributed by atoms with Gasteiger partial charge in [0.2, 0.25) is 0 Å². The van der Waals surface area contributed by atoms with Crippen molar-refractivity contribution in [3.63, 3.8) is 0 Å². The Morgan fingerprint density at radius 1 is 0.765 bits per heavy atom. The summed E-state index contributed by atoms with van der Waals surface area (Å²) in [6.45, 7) is 18.1. The van der Waals surface area contributed by atoms with Crippen LogP contribution in [0.3, 0.4) is 0 Å². The van der Waals surface area contributed by atoms with Crippen LogP contribution in [0.4, 0.5) is 0 Å². The molecule has 5 aliphatic rings. The Morgan fingerprint density at radius 3 is 2.03 bits per heavy atom. The fourth-order valence-electron chi connectivity index (χ4n) is 11.1. The summed E-state index contributed by atoms with van der Waals surface area (Å²) < 4.78 is 6.66. The van der Waals surface area contributed by atoms with Crippen LogP contribution in [0.15, 0.2) is 0 Å². The van der Waals surface area contributed by atoms with Gasteiger partial charge in [0.1, 0.15) is 0 Å². The number of hydrogen-bond donors (Lipinski definition) is 3. The number of rotatable bonds is 2. The molecular weight excluding hydrogens is 424 g/mol. The Labute approximate surface area is 208 Å². The normalized spacial score (nSPS) is 57.1. The molecule has 4 nitrogen and oxygen atoms in total. The standard InChI is InChI=1S/C30H52O4/c1-25(2)20-10-15-28(6)21(27(20,5)13-11-22(25)32)17-19(31)24-18(9-14-29(24,28)7)30(8)16-12-23(34-30)26(3,4)33/h18-24,31-33H,9-17H2,1-8H3/t18?,19-,20+,21-,22+,23+,24+,27+,28-,29-,30+/m1/s1. The zero-order chi connectivity index (χ0) is 25.1. The summed E-state index contributed by atoms with van der Waals surface area (Å²) in [5, 5.41) is 33.4. The van der Waals surface area contributed by atoms with Crippen LogP contribution >= 0.6 is 0 Å². The molecule has 3 N–H and O–H groups in total. The van der Waals surface area contributed by atoms with Crippen LogP contribution in [0.2, 0.25) is 0 Å². The molecule has 11 atom stereocenters. The van der Waals surface area contributed by atoms with Crippen LogP contribution in [-0.4, -0.2) is 44.8 Å². The lowest BCUT2D eigenvalue weighted by Crippen LogP contribution is -2.66. The van der Waals surface area contributed by atoms with Crippen LogP contribution in [0, 0.1) is 45.3 Å². The first-order valence-corrected chi connectivity index (χ1v) is 14.3. The van der Waals surface area contributed by atoms with E-state index >= 15 is 0 Å². The van der Waals surface area contributed by atoms with Gasteiger partial charge >= 0.3 is 0 Å². The Hall–Kier alpha value is -0.160. The maximum atomic E-state index is 11.9. The second-order valence-corrected chi connectivity index (χ2v) is 15.4. The maximum absolute atomic E-state index is 11.9. The SMILES string of the molecule is CC(C)(O)[C@@H]1CC[C@@](C)(C2CC[C@]3(C)[C@@H]2[C@H](O)C[C@@H]2[C@@]4(C)CC[C@H](O)C(C)(C)[C@@H]4CC[C@]23C)O1. The van der Waals surface area contributed by atoms with Gasteiger partial charge in [-0.15, -0.1) is 0 Å². The minimum atomic E-state index is -0.826. The Bertz CT molecular complexity index is 817. The van der Waals surface area contributed by atoms with E-state index in [2.05, 4.69) is 41.5 Å². The third-order valence-electron chi connectivity index (χ3n) is 13.3. The summed E-state index contributed by atoms with van der Waals surface area (Å²) in [6.07, 6.45) is 8.72. The number of ether oxygens (including phenoxy) is 1. The highest BCUT2D eigenvalue weighted by Gasteiger charge is 2.71. The second-order valence-electron chi connectivity index (χ2n) is 15.4. The first-order valence-electron chi connectivity index (χ1n) is 14.3. The molecule has 0 aromatic carbocycles. The molecule has 4 aliphatic carbocycles. The highest BCUT2D eigenvalue weighted by Crippen LogP contribution is 2.76. The van der Waals surface area contributed by atoms with Gasteiger partial charge < -0.3 is 20.1 Å². The maximum Gasteiger partial charge on any atom is 0.0865 e. The summed E-state index contributed by atoms with van der Waals surface area (Å²) in [5.41, 5.74) is -0.703. The molecule has 4 heteroatoms. The number of fused-ring (bicyclic) bond motifs is 5. The minimum Gasteiger partial charge on any atom is -0.393 e. The van der Waals surface area contributed by atoms with Crippen LogP contribution < -0.4 is 0 Å². The van der Waals surface area contributed by atoms with Gasteiger partial charge in [0.25, 0.3) is 0 Å². The number of aliphatic hydroxyl groups is 3. The molecule has 1 aliphatic heterocycles. The van der Waals surface area contributed by atoms with Gasteiger partial charge in [-0.2, -0.15) is 0 Å². The van der Waals surface area contributed by atoms with Crippen LogP contribution in [0.25, 0.3) is 0 Å². The van der Waals surface area contributed by atoms with Gasteiger partial charge in [-0.05, 0) is 124 Å². The lowest BCUT2D eigenvalue weighted by molar-refractivity contribution is -0.248. The monoisotopic (exact) mass is 476 g/mol. The molecular formula is C30H52O4. The average Bonchev–Trinajstić information content (AvgIpc) is 3.30. The topological polar surface area (TPSA) is 69.9 Å². The summed E-state index contributed by atoms with van der Waals surface area (Å²) in [4.78, 5) is 0. The Balaban J connectivity index is 1.48. The molecule has 1 saturated heterocycles. The van der Waals surface area contributed by atoms with Crippen molar-refractivity contribution in [1.82, 2.24) is 0 Å². The number of aliphatic hydroxyl groups excluding tert-OH is 2. The fraction of sp³-hybridized carbons (Fsp3) is 1.00. The molecule has 0 radical (unpaired) electrons. The van der Waals surface area contributed by atoms with E-state index in [1.165, 1.54) is 12.8 Å². The van der Waals surface area contributed by atoms with Crippen molar-refractivity contribution < 1.29 is 20.1 Å². The van der Waals surface area contributed by atoms with E-state index < -0.39 is 5.60 Å². The predicted octanol–water partition coefficient (Wildman–Crippen LogP) is 5.71. The smallest absolute Gasteiger partial charge is 0.0865 e. The first kappa shape index (κ1) is 25.5. The summed E-state index contributed by atoms with van der Waals surface area (Å²) in [7, 11) is 0. The van der Waals surface area contributed by atoms with E-state index in [9.17, 15) is 15.3 Å². The van der Waals surface area contributed by atoms with Crippen LogP contribution in [-0.2, 0) is 4.74 Å². The highest BCUT2D eigenvalue weighted by molar-refractivity contribution is 5.20. The largest absolute Gasteiger partial charge is 0.393 e. The van der Waals surface area contributed by atoms with Crippen LogP contribution in [0.1, 0.15) is 113 Å². The van der Waals surface area contributed by atoms with E-state index in [1.54, 1.807) is 0 Å². The van der Waals surface area contributed by atoms with Gasteiger partial charge in [-0.3, -0.25) is 0 Å². The molecule has 0 bridgehead atoms. The van der Waals surface area contributed by atoms with E-state index in [-0.39, 0.29) is 51.5 Å². The zero-order valence-corrected chi connectivity index (χ0v) is 23.2. The Morgan fingerprint density at radius 2 is 1.41 bits per heavy atom. The second kappa shape index (κ2) is 7.45.